The molecule has 1 aliphatic heterocycles. The molecule has 0 radical (unpaired) electrons. The fraction of sp³-hybridized carbons (Fsp3) is 1.00. The second-order valence-corrected chi connectivity index (χ2v) is 6.38. The van der Waals surface area contributed by atoms with E-state index >= 15 is 0 Å². The first kappa shape index (κ1) is 16.9. The Bertz CT molecular complexity index is 244. The third-order valence-electron chi connectivity index (χ3n) is 4.50. The maximum absolute atomic E-state index is 6.22. The molecule has 0 aromatic rings. The number of nitrogens with two attached hydrogens (primary N) is 1. The van der Waals surface area contributed by atoms with E-state index in [-0.39, 0.29) is 5.54 Å². The van der Waals surface area contributed by atoms with E-state index in [2.05, 4.69) is 42.8 Å². The molecule has 1 rings (SSSR count). The van der Waals surface area contributed by atoms with Crippen LogP contribution in [0.2, 0.25) is 0 Å². The summed E-state index contributed by atoms with van der Waals surface area (Å²) in [7, 11) is 6.54. The van der Waals surface area contributed by atoms with Crippen LogP contribution < -0.4 is 5.73 Å². The molecule has 2 N–H and O–H groups in total. The van der Waals surface area contributed by atoms with Gasteiger partial charge in [-0.1, -0.05) is 6.92 Å². The predicted molar refractivity (Wildman–Crippen MR) is 83.6 cm³/mol. The van der Waals surface area contributed by atoms with Crippen molar-refractivity contribution in [2.45, 2.75) is 38.1 Å². The van der Waals surface area contributed by atoms with Gasteiger partial charge in [-0.3, -0.25) is 4.90 Å². The molecule has 1 aliphatic rings. The van der Waals surface area contributed by atoms with E-state index < -0.39 is 0 Å². The van der Waals surface area contributed by atoms with Gasteiger partial charge in [-0.25, -0.2) is 0 Å². The van der Waals surface area contributed by atoms with Gasteiger partial charge in [-0.15, -0.1) is 0 Å². The van der Waals surface area contributed by atoms with Crippen LogP contribution >= 0.6 is 0 Å². The summed E-state index contributed by atoms with van der Waals surface area (Å²) in [5.74, 6) is 0. The van der Waals surface area contributed by atoms with Crippen molar-refractivity contribution in [3.63, 3.8) is 0 Å². The van der Waals surface area contributed by atoms with Gasteiger partial charge in [0.05, 0.1) is 0 Å². The summed E-state index contributed by atoms with van der Waals surface area (Å²) in [6.07, 6.45) is 4.95. The second-order valence-electron chi connectivity index (χ2n) is 6.38. The summed E-state index contributed by atoms with van der Waals surface area (Å²) >= 11 is 0. The molecular weight excluding hydrogens is 236 g/mol. The van der Waals surface area contributed by atoms with Gasteiger partial charge in [0.15, 0.2) is 0 Å². The monoisotopic (exact) mass is 270 g/mol. The van der Waals surface area contributed by atoms with Crippen LogP contribution in [0.4, 0.5) is 0 Å². The minimum absolute atomic E-state index is 0.233. The Labute approximate surface area is 119 Å². The highest BCUT2D eigenvalue weighted by Crippen LogP contribution is 2.28. The van der Waals surface area contributed by atoms with E-state index in [1.807, 2.05) is 0 Å². The van der Waals surface area contributed by atoms with Crippen molar-refractivity contribution in [3.8, 4) is 0 Å². The number of likely N-dealkylation sites (tertiary alicyclic amines) is 1. The van der Waals surface area contributed by atoms with Gasteiger partial charge >= 0.3 is 0 Å². The summed E-state index contributed by atoms with van der Waals surface area (Å²) in [6.45, 7) is 8.91. The lowest BCUT2D eigenvalue weighted by Gasteiger charge is -2.43. The zero-order valence-corrected chi connectivity index (χ0v) is 13.5. The second kappa shape index (κ2) is 8.20. The van der Waals surface area contributed by atoms with Crippen molar-refractivity contribution in [1.29, 1.82) is 0 Å². The van der Waals surface area contributed by atoms with Crippen LogP contribution in [0, 0.1) is 0 Å². The summed E-state index contributed by atoms with van der Waals surface area (Å²) in [4.78, 5) is 7.40. The van der Waals surface area contributed by atoms with Crippen LogP contribution in [0.3, 0.4) is 0 Å². The van der Waals surface area contributed by atoms with E-state index in [1.165, 1.54) is 45.3 Å². The fourth-order valence-corrected chi connectivity index (χ4v) is 3.14. The largest absolute Gasteiger partial charge is 0.329 e. The summed E-state index contributed by atoms with van der Waals surface area (Å²) in [5, 5.41) is 0. The molecule has 1 heterocycles. The van der Waals surface area contributed by atoms with Gasteiger partial charge in [0.25, 0.3) is 0 Å². The number of rotatable bonds is 7. The normalized spacial score (nSPS) is 26.1. The van der Waals surface area contributed by atoms with Crippen molar-refractivity contribution in [2.24, 2.45) is 5.73 Å². The van der Waals surface area contributed by atoms with E-state index in [0.29, 0.717) is 0 Å². The number of likely N-dealkylation sites (N-methyl/N-ethyl adjacent to an activating group) is 1. The SMILES string of the molecule is CCCN(CCN(C)C)C1(CN)CCCN(C)CC1. The summed E-state index contributed by atoms with van der Waals surface area (Å²) in [5.41, 5.74) is 6.45. The molecule has 0 amide bonds. The highest BCUT2D eigenvalue weighted by Gasteiger charge is 2.35. The maximum atomic E-state index is 6.22. The van der Waals surface area contributed by atoms with E-state index in [9.17, 15) is 0 Å². The zero-order valence-electron chi connectivity index (χ0n) is 13.5. The highest BCUT2D eigenvalue weighted by molar-refractivity contribution is 4.94. The van der Waals surface area contributed by atoms with Crippen LogP contribution in [-0.4, -0.2) is 80.7 Å². The van der Waals surface area contributed by atoms with Crippen LogP contribution in [-0.2, 0) is 0 Å². The minimum Gasteiger partial charge on any atom is -0.329 e. The van der Waals surface area contributed by atoms with Gasteiger partial charge in [-0.2, -0.15) is 0 Å². The molecule has 0 aliphatic carbocycles. The Hall–Kier alpha value is -0.160. The lowest BCUT2D eigenvalue weighted by atomic mass is 9.88. The van der Waals surface area contributed by atoms with Gasteiger partial charge in [-0.05, 0) is 66.5 Å². The smallest absolute Gasteiger partial charge is 0.0344 e. The summed E-state index contributed by atoms with van der Waals surface area (Å²) in [6, 6.07) is 0. The Morgan fingerprint density at radius 3 is 2.42 bits per heavy atom. The van der Waals surface area contributed by atoms with Crippen molar-refractivity contribution in [2.75, 3.05) is 60.4 Å². The Kier molecular flexibility index (Phi) is 7.29. The maximum Gasteiger partial charge on any atom is 0.0344 e. The standard InChI is InChI=1S/C15H34N4/c1-5-9-19(13-12-17(2)3)15(14-16)7-6-10-18(4)11-8-15/h5-14,16H2,1-4H3. The first-order valence-electron chi connectivity index (χ1n) is 7.82. The molecule has 1 unspecified atom stereocenters. The third kappa shape index (κ3) is 5.03. The van der Waals surface area contributed by atoms with Crippen molar-refractivity contribution in [3.05, 3.63) is 0 Å². The van der Waals surface area contributed by atoms with Gasteiger partial charge in [0.1, 0.15) is 0 Å². The first-order chi connectivity index (χ1) is 9.04. The molecule has 0 saturated carbocycles. The predicted octanol–water partition coefficient (Wildman–Crippen LogP) is 1.07. The first-order valence-corrected chi connectivity index (χ1v) is 7.82. The van der Waals surface area contributed by atoms with E-state index in [1.54, 1.807) is 0 Å². The van der Waals surface area contributed by atoms with E-state index in [0.717, 1.165) is 19.6 Å². The quantitative estimate of drug-likeness (QED) is 0.751. The fourth-order valence-electron chi connectivity index (χ4n) is 3.14. The highest BCUT2D eigenvalue weighted by atomic mass is 15.2. The van der Waals surface area contributed by atoms with Gasteiger partial charge in [0, 0.05) is 25.2 Å². The Morgan fingerprint density at radius 2 is 1.84 bits per heavy atom. The molecule has 1 fully saturated rings. The van der Waals surface area contributed by atoms with Crippen LogP contribution in [0.25, 0.3) is 0 Å². The molecule has 0 spiro atoms. The molecule has 4 heteroatoms. The average Bonchev–Trinajstić information content (AvgIpc) is 2.57. The molecular formula is C15H34N4. The minimum atomic E-state index is 0.233. The van der Waals surface area contributed by atoms with Crippen molar-refractivity contribution >= 4 is 0 Å². The lowest BCUT2D eigenvalue weighted by molar-refractivity contribution is 0.0714. The van der Waals surface area contributed by atoms with Crippen molar-refractivity contribution < 1.29 is 0 Å². The topological polar surface area (TPSA) is 35.7 Å². The number of hydrogen-bond donors (Lipinski definition) is 1. The molecule has 1 atom stereocenters. The summed E-state index contributed by atoms with van der Waals surface area (Å²) < 4.78 is 0. The van der Waals surface area contributed by atoms with Crippen LogP contribution in [0.1, 0.15) is 32.6 Å². The van der Waals surface area contributed by atoms with Gasteiger partial charge in [0.2, 0.25) is 0 Å². The average molecular weight is 270 g/mol. The molecule has 19 heavy (non-hydrogen) atoms. The number of hydrogen-bond acceptors (Lipinski definition) is 4. The van der Waals surface area contributed by atoms with Crippen molar-refractivity contribution in [1.82, 2.24) is 14.7 Å². The Balaban J connectivity index is 2.74. The van der Waals surface area contributed by atoms with Gasteiger partial charge < -0.3 is 15.5 Å². The molecule has 1 saturated heterocycles. The van der Waals surface area contributed by atoms with Crippen LogP contribution in [0.15, 0.2) is 0 Å². The number of nitrogens with zero attached hydrogens (tertiary/aromatic N) is 3. The van der Waals surface area contributed by atoms with E-state index in [4.69, 9.17) is 5.73 Å². The zero-order chi connectivity index (χ0) is 14.3. The Morgan fingerprint density at radius 1 is 1.11 bits per heavy atom. The molecule has 0 bridgehead atoms. The molecule has 4 nitrogen and oxygen atoms in total. The third-order valence-corrected chi connectivity index (χ3v) is 4.50. The van der Waals surface area contributed by atoms with Crippen LogP contribution in [0.5, 0.6) is 0 Å². The molecule has 114 valence electrons. The molecule has 0 aromatic heterocycles. The lowest BCUT2D eigenvalue weighted by Crippen LogP contribution is -2.56. The molecule has 0 aromatic carbocycles.